The number of nitrogens with one attached hydrogen (secondary N) is 2. The maximum Gasteiger partial charge on any atom is 0.219 e. The summed E-state index contributed by atoms with van der Waals surface area (Å²) in [5.74, 6) is 0.220. The molecule has 3 nitrogen and oxygen atoms in total. The maximum absolute atomic E-state index is 11.8. The molecule has 1 aromatic carbocycles. The highest BCUT2D eigenvalue weighted by molar-refractivity contribution is 5.85. The maximum atomic E-state index is 11.8. The molecule has 156 valence electrons. The van der Waals surface area contributed by atoms with Crippen molar-refractivity contribution in [2.75, 3.05) is 19.6 Å². The number of halogens is 1. The van der Waals surface area contributed by atoms with E-state index in [1.165, 1.54) is 56.9 Å². The Morgan fingerprint density at radius 1 is 0.778 bits per heavy atom. The molecule has 2 N–H and O–H groups in total. The predicted molar refractivity (Wildman–Crippen MR) is 120 cm³/mol. The Morgan fingerprint density at radius 3 is 2.07 bits per heavy atom. The molecule has 0 aliphatic rings. The monoisotopic (exact) mass is 396 g/mol. The molecule has 0 aliphatic heterocycles. The molecule has 0 bridgehead atoms. The third-order valence-corrected chi connectivity index (χ3v) is 4.79. The van der Waals surface area contributed by atoms with Crippen LogP contribution in [0.4, 0.5) is 0 Å². The van der Waals surface area contributed by atoms with Crippen molar-refractivity contribution in [1.29, 1.82) is 0 Å². The second kappa shape index (κ2) is 19.7. The van der Waals surface area contributed by atoms with Gasteiger partial charge in [-0.25, -0.2) is 0 Å². The Bertz CT molecular complexity index is 439. The lowest BCUT2D eigenvalue weighted by molar-refractivity contribution is -0.121. The highest BCUT2D eigenvalue weighted by Gasteiger charge is 2.00. The van der Waals surface area contributed by atoms with E-state index in [0.29, 0.717) is 6.42 Å². The van der Waals surface area contributed by atoms with Gasteiger partial charge in [-0.15, -0.1) is 12.4 Å². The molecule has 0 atom stereocenters. The summed E-state index contributed by atoms with van der Waals surface area (Å²) in [4.78, 5) is 11.8. The standard InChI is InChI=1S/C23H40N2O.ClH/c1-2-3-4-5-6-7-8-9-13-17-23(26)25-20-14-19-24-21-18-22-15-11-10-12-16-22;/h10-12,15-16,24H,2-9,13-14,17-21H2,1H3,(H,25,26);1H. The zero-order valence-electron chi connectivity index (χ0n) is 17.3. The van der Waals surface area contributed by atoms with Crippen LogP contribution >= 0.6 is 12.4 Å². The van der Waals surface area contributed by atoms with Crippen LogP contribution in [-0.4, -0.2) is 25.5 Å². The number of carbonyl (C=O) groups is 1. The average molecular weight is 397 g/mol. The fraction of sp³-hybridized carbons (Fsp3) is 0.696. The van der Waals surface area contributed by atoms with Crippen LogP contribution in [0.15, 0.2) is 30.3 Å². The summed E-state index contributed by atoms with van der Waals surface area (Å²) in [6, 6.07) is 10.5. The van der Waals surface area contributed by atoms with Crippen LogP contribution in [0.25, 0.3) is 0 Å². The number of amides is 1. The smallest absolute Gasteiger partial charge is 0.219 e. The lowest BCUT2D eigenvalue weighted by Gasteiger charge is -2.07. The fourth-order valence-corrected chi connectivity index (χ4v) is 3.13. The Hall–Kier alpha value is -1.06. The molecule has 0 unspecified atom stereocenters. The second-order valence-electron chi connectivity index (χ2n) is 7.27. The third-order valence-electron chi connectivity index (χ3n) is 4.79. The molecule has 1 amide bonds. The molecule has 0 aromatic heterocycles. The van der Waals surface area contributed by atoms with Crippen LogP contribution in [0.5, 0.6) is 0 Å². The molecular weight excluding hydrogens is 356 g/mol. The molecule has 0 heterocycles. The van der Waals surface area contributed by atoms with E-state index in [0.717, 1.165) is 38.9 Å². The number of rotatable bonds is 17. The van der Waals surface area contributed by atoms with E-state index in [9.17, 15) is 4.79 Å². The first kappa shape index (κ1) is 25.9. The van der Waals surface area contributed by atoms with Gasteiger partial charge in [0.2, 0.25) is 5.91 Å². The lowest BCUT2D eigenvalue weighted by atomic mass is 10.1. The molecule has 0 saturated carbocycles. The van der Waals surface area contributed by atoms with Gasteiger partial charge >= 0.3 is 0 Å². The van der Waals surface area contributed by atoms with Gasteiger partial charge in [-0.2, -0.15) is 0 Å². The SMILES string of the molecule is CCCCCCCCCCCC(=O)NCCCNCCc1ccccc1.Cl. The molecular formula is C23H41ClN2O. The molecule has 0 saturated heterocycles. The van der Waals surface area contributed by atoms with Crippen LogP contribution in [-0.2, 0) is 11.2 Å². The first-order valence-corrected chi connectivity index (χ1v) is 10.8. The molecule has 1 rings (SSSR count). The number of unbranched alkanes of at least 4 members (excludes halogenated alkanes) is 8. The summed E-state index contributed by atoms with van der Waals surface area (Å²) in [5, 5.41) is 6.48. The Kier molecular flexibility index (Phi) is 18.9. The van der Waals surface area contributed by atoms with Crippen molar-refractivity contribution in [1.82, 2.24) is 10.6 Å². The van der Waals surface area contributed by atoms with Crippen LogP contribution in [0, 0.1) is 0 Å². The van der Waals surface area contributed by atoms with Gasteiger partial charge in [-0.05, 0) is 37.9 Å². The van der Waals surface area contributed by atoms with Crippen molar-refractivity contribution in [3.63, 3.8) is 0 Å². The zero-order valence-corrected chi connectivity index (χ0v) is 18.1. The minimum absolute atomic E-state index is 0. The molecule has 1 aromatic rings. The number of benzene rings is 1. The minimum atomic E-state index is 0. The molecule has 0 fully saturated rings. The van der Waals surface area contributed by atoms with E-state index in [1.807, 2.05) is 6.07 Å². The van der Waals surface area contributed by atoms with Gasteiger partial charge in [0.05, 0.1) is 0 Å². The van der Waals surface area contributed by atoms with E-state index in [1.54, 1.807) is 0 Å². The van der Waals surface area contributed by atoms with Gasteiger partial charge in [0.15, 0.2) is 0 Å². The Labute approximate surface area is 173 Å². The Morgan fingerprint density at radius 2 is 1.41 bits per heavy atom. The number of carbonyl (C=O) groups excluding carboxylic acids is 1. The van der Waals surface area contributed by atoms with E-state index in [2.05, 4.69) is 41.8 Å². The first-order chi connectivity index (χ1) is 12.8. The summed E-state index contributed by atoms with van der Waals surface area (Å²) < 4.78 is 0. The summed E-state index contributed by atoms with van der Waals surface area (Å²) in [5.41, 5.74) is 1.37. The van der Waals surface area contributed by atoms with Crippen LogP contribution in [0.1, 0.15) is 83.1 Å². The highest BCUT2D eigenvalue weighted by atomic mass is 35.5. The summed E-state index contributed by atoms with van der Waals surface area (Å²) in [6.45, 7) is 5.00. The number of hydrogen-bond acceptors (Lipinski definition) is 2. The highest BCUT2D eigenvalue weighted by Crippen LogP contribution is 2.10. The van der Waals surface area contributed by atoms with Crippen molar-refractivity contribution >= 4 is 18.3 Å². The first-order valence-electron chi connectivity index (χ1n) is 10.8. The number of hydrogen-bond donors (Lipinski definition) is 2. The molecule has 0 radical (unpaired) electrons. The lowest BCUT2D eigenvalue weighted by Crippen LogP contribution is -2.27. The van der Waals surface area contributed by atoms with Crippen molar-refractivity contribution in [3.8, 4) is 0 Å². The van der Waals surface area contributed by atoms with Gasteiger partial charge in [-0.3, -0.25) is 4.79 Å². The summed E-state index contributed by atoms with van der Waals surface area (Å²) >= 11 is 0. The topological polar surface area (TPSA) is 41.1 Å². The third kappa shape index (κ3) is 16.8. The largest absolute Gasteiger partial charge is 0.356 e. The van der Waals surface area contributed by atoms with Crippen molar-refractivity contribution in [3.05, 3.63) is 35.9 Å². The van der Waals surface area contributed by atoms with Crippen LogP contribution in [0.3, 0.4) is 0 Å². The predicted octanol–water partition coefficient (Wildman–Crippen LogP) is 5.67. The van der Waals surface area contributed by atoms with Gasteiger partial charge in [-0.1, -0.05) is 88.6 Å². The summed E-state index contributed by atoms with van der Waals surface area (Å²) in [6.07, 6.45) is 14.4. The van der Waals surface area contributed by atoms with E-state index in [4.69, 9.17) is 0 Å². The van der Waals surface area contributed by atoms with E-state index < -0.39 is 0 Å². The Balaban J connectivity index is 0.00000676. The van der Waals surface area contributed by atoms with E-state index >= 15 is 0 Å². The van der Waals surface area contributed by atoms with Crippen molar-refractivity contribution in [2.24, 2.45) is 0 Å². The molecule has 4 heteroatoms. The van der Waals surface area contributed by atoms with Crippen LogP contribution in [0.2, 0.25) is 0 Å². The van der Waals surface area contributed by atoms with Gasteiger partial charge < -0.3 is 10.6 Å². The zero-order chi connectivity index (χ0) is 18.7. The quantitative estimate of drug-likeness (QED) is 0.333. The molecule has 27 heavy (non-hydrogen) atoms. The van der Waals surface area contributed by atoms with Gasteiger partial charge in [0, 0.05) is 13.0 Å². The minimum Gasteiger partial charge on any atom is -0.356 e. The van der Waals surface area contributed by atoms with E-state index in [-0.39, 0.29) is 18.3 Å². The van der Waals surface area contributed by atoms with Gasteiger partial charge in [0.1, 0.15) is 0 Å². The second-order valence-corrected chi connectivity index (χ2v) is 7.27. The fourth-order valence-electron chi connectivity index (χ4n) is 3.13. The molecule has 0 aliphatic carbocycles. The van der Waals surface area contributed by atoms with Crippen molar-refractivity contribution in [2.45, 2.75) is 84.0 Å². The summed E-state index contributed by atoms with van der Waals surface area (Å²) in [7, 11) is 0. The van der Waals surface area contributed by atoms with Crippen LogP contribution < -0.4 is 10.6 Å². The normalized spacial score (nSPS) is 10.4. The molecule has 0 spiro atoms. The average Bonchev–Trinajstić information content (AvgIpc) is 2.67. The van der Waals surface area contributed by atoms with Gasteiger partial charge in [0.25, 0.3) is 0 Å². The van der Waals surface area contributed by atoms with Crippen molar-refractivity contribution < 1.29 is 4.79 Å².